The lowest BCUT2D eigenvalue weighted by Gasteiger charge is -2.26. The van der Waals surface area contributed by atoms with Crippen LogP contribution in [-0.2, 0) is 16.1 Å². The highest BCUT2D eigenvalue weighted by Gasteiger charge is 2.11. The van der Waals surface area contributed by atoms with Gasteiger partial charge in [-0.25, -0.2) is 0 Å². The molecule has 0 unspecified atom stereocenters. The first-order chi connectivity index (χ1) is 12.7. The Bertz CT molecular complexity index is 712. The molecule has 6 nitrogen and oxygen atoms in total. The summed E-state index contributed by atoms with van der Waals surface area (Å²) in [5.74, 6) is 0.940. The minimum absolute atomic E-state index is 0.0735. The van der Waals surface area contributed by atoms with E-state index in [0.717, 1.165) is 38.5 Å². The molecule has 0 aromatic heterocycles. The number of anilines is 1. The summed E-state index contributed by atoms with van der Waals surface area (Å²) in [6.45, 7) is 4.32. The van der Waals surface area contributed by atoms with Crippen molar-refractivity contribution in [3.8, 4) is 11.5 Å². The van der Waals surface area contributed by atoms with E-state index in [1.165, 1.54) is 5.56 Å². The number of methoxy groups -OCH3 is 1. The fourth-order valence-corrected chi connectivity index (χ4v) is 2.79. The van der Waals surface area contributed by atoms with Crippen LogP contribution in [0.1, 0.15) is 5.56 Å². The van der Waals surface area contributed by atoms with Crippen LogP contribution in [0.3, 0.4) is 0 Å². The Labute approximate surface area is 153 Å². The Morgan fingerprint density at radius 1 is 1.08 bits per heavy atom. The highest BCUT2D eigenvalue weighted by Crippen LogP contribution is 2.25. The van der Waals surface area contributed by atoms with Crippen molar-refractivity contribution in [1.29, 1.82) is 0 Å². The van der Waals surface area contributed by atoms with Crippen molar-refractivity contribution >= 4 is 11.6 Å². The number of nitrogens with one attached hydrogen (secondary N) is 1. The minimum atomic E-state index is -0.211. The SMILES string of the molecule is COc1ccccc1OCC(=O)Nc1ccc(CN2CCOCC2)cc1. The van der Waals surface area contributed by atoms with Gasteiger partial charge in [0.1, 0.15) is 0 Å². The Hall–Kier alpha value is -2.57. The van der Waals surface area contributed by atoms with Crippen molar-refractivity contribution in [2.24, 2.45) is 0 Å². The number of ether oxygens (including phenoxy) is 3. The summed E-state index contributed by atoms with van der Waals surface area (Å²) in [5.41, 5.74) is 1.97. The fourth-order valence-electron chi connectivity index (χ4n) is 2.79. The molecule has 138 valence electrons. The van der Waals surface area contributed by atoms with E-state index in [1.807, 2.05) is 36.4 Å². The van der Waals surface area contributed by atoms with Gasteiger partial charge in [-0.3, -0.25) is 9.69 Å². The summed E-state index contributed by atoms with van der Waals surface area (Å²) in [4.78, 5) is 14.4. The van der Waals surface area contributed by atoms with Gasteiger partial charge in [-0.2, -0.15) is 0 Å². The van der Waals surface area contributed by atoms with Gasteiger partial charge < -0.3 is 19.5 Å². The second kappa shape index (κ2) is 9.22. The number of carbonyl (C=O) groups excluding carboxylic acids is 1. The number of para-hydroxylation sites is 2. The lowest BCUT2D eigenvalue weighted by atomic mass is 10.2. The second-order valence-electron chi connectivity index (χ2n) is 6.07. The molecule has 1 amide bonds. The summed E-state index contributed by atoms with van der Waals surface area (Å²) in [6.07, 6.45) is 0. The van der Waals surface area contributed by atoms with E-state index in [9.17, 15) is 4.79 Å². The Morgan fingerprint density at radius 2 is 1.77 bits per heavy atom. The molecule has 3 rings (SSSR count). The maximum absolute atomic E-state index is 12.1. The summed E-state index contributed by atoms with van der Waals surface area (Å²) < 4.78 is 16.1. The Morgan fingerprint density at radius 3 is 2.46 bits per heavy atom. The molecule has 0 saturated carbocycles. The first-order valence-electron chi connectivity index (χ1n) is 8.69. The third-order valence-corrected chi connectivity index (χ3v) is 4.18. The Balaban J connectivity index is 1.48. The third-order valence-electron chi connectivity index (χ3n) is 4.18. The lowest BCUT2D eigenvalue weighted by molar-refractivity contribution is -0.118. The molecule has 26 heavy (non-hydrogen) atoms. The molecule has 1 aliphatic heterocycles. The molecule has 1 aliphatic rings. The molecule has 6 heteroatoms. The molecule has 1 N–H and O–H groups in total. The van der Waals surface area contributed by atoms with Crippen molar-refractivity contribution in [3.63, 3.8) is 0 Å². The van der Waals surface area contributed by atoms with E-state index in [1.54, 1.807) is 19.2 Å². The molecule has 2 aromatic carbocycles. The van der Waals surface area contributed by atoms with E-state index in [-0.39, 0.29) is 12.5 Å². The molecule has 1 saturated heterocycles. The van der Waals surface area contributed by atoms with Crippen molar-refractivity contribution < 1.29 is 19.0 Å². The van der Waals surface area contributed by atoms with Crippen LogP contribution < -0.4 is 14.8 Å². The maximum atomic E-state index is 12.1. The molecule has 2 aromatic rings. The van der Waals surface area contributed by atoms with Gasteiger partial charge in [-0.1, -0.05) is 24.3 Å². The molecule has 0 bridgehead atoms. The van der Waals surface area contributed by atoms with Gasteiger partial charge >= 0.3 is 0 Å². The number of hydrogen-bond donors (Lipinski definition) is 1. The molecule has 0 atom stereocenters. The zero-order valence-corrected chi connectivity index (χ0v) is 14.9. The zero-order chi connectivity index (χ0) is 18.2. The van der Waals surface area contributed by atoms with E-state index in [2.05, 4.69) is 10.2 Å². The first kappa shape index (κ1) is 18.2. The highest BCUT2D eigenvalue weighted by molar-refractivity contribution is 5.91. The Kier molecular flexibility index (Phi) is 6.46. The van der Waals surface area contributed by atoms with Gasteiger partial charge in [-0.15, -0.1) is 0 Å². The number of amides is 1. The van der Waals surface area contributed by atoms with Crippen molar-refractivity contribution in [2.45, 2.75) is 6.54 Å². The quantitative estimate of drug-likeness (QED) is 0.826. The van der Waals surface area contributed by atoms with Gasteiger partial charge in [0.05, 0.1) is 20.3 Å². The zero-order valence-electron chi connectivity index (χ0n) is 14.9. The van der Waals surface area contributed by atoms with E-state index in [0.29, 0.717) is 11.5 Å². The summed E-state index contributed by atoms with van der Waals surface area (Å²) in [7, 11) is 1.57. The van der Waals surface area contributed by atoms with Crippen molar-refractivity contribution in [1.82, 2.24) is 4.90 Å². The standard InChI is InChI=1S/C20H24N2O4/c1-24-18-4-2-3-5-19(18)26-15-20(23)21-17-8-6-16(7-9-17)14-22-10-12-25-13-11-22/h2-9H,10-15H2,1H3,(H,21,23). The average Bonchev–Trinajstić information content (AvgIpc) is 2.69. The van der Waals surface area contributed by atoms with Crippen LogP contribution in [-0.4, -0.2) is 50.8 Å². The summed E-state index contributed by atoms with van der Waals surface area (Å²) >= 11 is 0. The average molecular weight is 356 g/mol. The highest BCUT2D eigenvalue weighted by atomic mass is 16.5. The van der Waals surface area contributed by atoms with Gasteiger partial charge in [-0.05, 0) is 29.8 Å². The van der Waals surface area contributed by atoms with Crippen LogP contribution >= 0.6 is 0 Å². The van der Waals surface area contributed by atoms with Crippen LogP contribution in [0.4, 0.5) is 5.69 Å². The number of hydrogen-bond acceptors (Lipinski definition) is 5. The monoisotopic (exact) mass is 356 g/mol. The maximum Gasteiger partial charge on any atom is 0.262 e. The molecule has 1 fully saturated rings. The molecular weight excluding hydrogens is 332 g/mol. The smallest absolute Gasteiger partial charge is 0.262 e. The van der Waals surface area contributed by atoms with Crippen LogP contribution in [0.15, 0.2) is 48.5 Å². The van der Waals surface area contributed by atoms with Gasteiger partial charge in [0, 0.05) is 25.3 Å². The lowest BCUT2D eigenvalue weighted by Crippen LogP contribution is -2.35. The second-order valence-corrected chi connectivity index (χ2v) is 6.07. The van der Waals surface area contributed by atoms with Gasteiger partial charge in [0.25, 0.3) is 5.91 Å². The number of nitrogens with zero attached hydrogens (tertiary/aromatic N) is 1. The van der Waals surface area contributed by atoms with E-state index < -0.39 is 0 Å². The van der Waals surface area contributed by atoms with Crippen LogP contribution in [0, 0.1) is 0 Å². The van der Waals surface area contributed by atoms with Crippen LogP contribution in [0.2, 0.25) is 0 Å². The van der Waals surface area contributed by atoms with E-state index >= 15 is 0 Å². The van der Waals surface area contributed by atoms with Gasteiger partial charge in [0.15, 0.2) is 18.1 Å². The molecule has 0 spiro atoms. The van der Waals surface area contributed by atoms with E-state index in [4.69, 9.17) is 14.2 Å². The predicted molar refractivity (Wildman–Crippen MR) is 99.7 cm³/mol. The number of benzene rings is 2. The largest absolute Gasteiger partial charge is 0.493 e. The molecular formula is C20H24N2O4. The summed E-state index contributed by atoms with van der Waals surface area (Å²) in [5, 5.41) is 2.84. The van der Waals surface area contributed by atoms with Crippen molar-refractivity contribution in [3.05, 3.63) is 54.1 Å². The molecule has 0 radical (unpaired) electrons. The number of morpholine rings is 1. The number of rotatable bonds is 7. The topological polar surface area (TPSA) is 60.0 Å². The molecule has 0 aliphatic carbocycles. The molecule has 1 heterocycles. The number of carbonyl (C=O) groups is 1. The predicted octanol–water partition coefficient (Wildman–Crippen LogP) is 2.54. The van der Waals surface area contributed by atoms with Crippen molar-refractivity contribution in [2.75, 3.05) is 45.3 Å². The minimum Gasteiger partial charge on any atom is -0.493 e. The fraction of sp³-hybridized carbons (Fsp3) is 0.350. The van der Waals surface area contributed by atoms with Gasteiger partial charge in [0.2, 0.25) is 0 Å². The normalized spacial score (nSPS) is 14.7. The first-order valence-corrected chi connectivity index (χ1v) is 8.69. The summed E-state index contributed by atoms with van der Waals surface area (Å²) in [6, 6.07) is 15.1. The third kappa shape index (κ3) is 5.21. The van der Waals surface area contributed by atoms with Crippen LogP contribution in [0.5, 0.6) is 11.5 Å². The van der Waals surface area contributed by atoms with Crippen LogP contribution in [0.25, 0.3) is 0 Å².